The van der Waals surface area contributed by atoms with Crippen molar-refractivity contribution in [3.63, 3.8) is 0 Å². The average Bonchev–Trinajstić information content (AvgIpc) is 3.30. The first-order chi connectivity index (χ1) is 12.2. The van der Waals surface area contributed by atoms with Gasteiger partial charge in [-0.25, -0.2) is 9.37 Å². The van der Waals surface area contributed by atoms with Crippen LogP contribution in [0.4, 0.5) is 9.52 Å². The second-order valence-electron chi connectivity index (χ2n) is 5.27. The molecule has 0 fully saturated rings. The predicted molar refractivity (Wildman–Crippen MR) is 98.6 cm³/mol. The number of thiazole rings is 1. The molecular formula is C18H12FN3OS2. The first kappa shape index (κ1) is 15.9. The number of benzene rings is 1. The summed E-state index contributed by atoms with van der Waals surface area (Å²) < 4.78 is 14.7. The van der Waals surface area contributed by atoms with E-state index in [4.69, 9.17) is 0 Å². The number of hydrogen-bond acceptors (Lipinski definition) is 5. The van der Waals surface area contributed by atoms with E-state index < -0.39 is 0 Å². The Morgan fingerprint density at radius 1 is 1.12 bits per heavy atom. The number of pyridine rings is 1. The van der Waals surface area contributed by atoms with Crippen LogP contribution in [0.2, 0.25) is 0 Å². The molecule has 124 valence electrons. The Balaban J connectivity index is 1.78. The van der Waals surface area contributed by atoms with Crippen LogP contribution in [0.3, 0.4) is 0 Å². The molecule has 0 N–H and O–H groups in total. The number of amides is 1. The smallest absolute Gasteiger partial charge is 0.270 e. The fourth-order valence-corrected chi connectivity index (χ4v) is 4.08. The quantitative estimate of drug-likeness (QED) is 0.522. The molecule has 4 nitrogen and oxygen atoms in total. The standard InChI is InChI=1S/C18H12FN3OS2/c19-13-6-3-7-14-16(13)21-18(25-14)22(11-12-5-1-2-9-20-12)17(23)15-8-4-10-24-15/h1-10H,11H2. The molecule has 0 aliphatic heterocycles. The number of halogens is 1. The largest absolute Gasteiger partial charge is 0.277 e. The number of aromatic nitrogens is 2. The van der Waals surface area contributed by atoms with Gasteiger partial charge in [0.1, 0.15) is 11.3 Å². The molecule has 0 aliphatic carbocycles. The first-order valence-corrected chi connectivity index (χ1v) is 9.22. The van der Waals surface area contributed by atoms with Gasteiger partial charge in [-0.2, -0.15) is 0 Å². The fourth-order valence-electron chi connectivity index (χ4n) is 2.43. The first-order valence-electron chi connectivity index (χ1n) is 7.53. The Kier molecular flexibility index (Phi) is 4.25. The maximum Gasteiger partial charge on any atom is 0.270 e. The Hall–Kier alpha value is -2.64. The topological polar surface area (TPSA) is 46.1 Å². The van der Waals surface area contributed by atoms with E-state index >= 15 is 0 Å². The minimum Gasteiger partial charge on any atom is -0.277 e. The number of para-hydroxylation sites is 1. The van der Waals surface area contributed by atoms with E-state index in [-0.39, 0.29) is 23.8 Å². The summed E-state index contributed by atoms with van der Waals surface area (Å²) in [6, 6.07) is 14.0. The Bertz CT molecular complexity index is 1020. The summed E-state index contributed by atoms with van der Waals surface area (Å²) in [5.74, 6) is -0.554. The number of hydrogen-bond donors (Lipinski definition) is 0. The van der Waals surface area contributed by atoms with E-state index in [1.165, 1.54) is 28.7 Å². The molecule has 0 spiro atoms. The fraction of sp³-hybridized carbons (Fsp3) is 0.0556. The van der Waals surface area contributed by atoms with Crippen LogP contribution in [0.15, 0.2) is 60.1 Å². The van der Waals surface area contributed by atoms with Gasteiger partial charge in [0.2, 0.25) is 0 Å². The molecule has 1 aromatic carbocycles. The molecule has 0 saturated heterocycles. The second kappa shape index (κ2) is 6.70. The number of thiophene rings is 1. The third kappa shape index (κ3) is 3.16. The molecule has 0 saturated carbocycles. The number of anilines is 1. The van der Waals surface area contributed by atoms with Crippen molar-refractivity contribution in [3.05, 3.63) is 76.5 Å². The molecule has 1 amide bonds. The van der Waals surface area contributed by atoms with Crippen molar-refractivity contribution in [1.82, 2.24) is 9.97 Å². The summed E-state index contributed by atoms with van der Waals surface area (Å²) in [4.78, 5) is 23.8. The highest BCUT2D eigenvalue weighted by molar-refractivity contribution is 7.22. The molecule has 4 rings (SSSR count). The molecular weight excluding hydrogens is 357 g/mol. The van der Waals surface area contributed by atoms with Crippen LogP contribution in [-0.4, -0.2) is 15.9 Å². The van der Waals surface area contributed by atoms with Gasteiger partial charge < -0.3 is 0 Å². The van der Waals surface area contributed by atoms with Gasteiger partial charge in [0, 0.05) is 6.20 Å². The maximum absolute atomic E-state index is 14.0. The Labute approximate surface area is 151 Å². The highest BCUT2D eigenvalue weighted by Gasteiger charge is 2.23. The third-order valence-electron chi connectivity index (χ3n) is 3.61. The lowest BCUT2D eigenvalue weighted by Gasteiger charge is -2.18. The number of fused-ring (bicyclic) bond motifs is 1. The molecule has 4 aromatic rings. The molecule has 0 bridgehead atoms. The van der Waals surface area contributed by atoms with E-state index in [1.54, 1.807) is 29.3 Å². The Morgan fingerprint density at radius 2 is 2.04 bits per heavy atom. The zero-order chi connectivity index (χ0) is 17.2. The highest BCUT2D eigenvalue weighted by Crippen LogP contribution is 2.32. The lowest BCUT2D eigenvalue weighted by atomic mass is 10.3. The summed E-state index contributed by atoms with van der Waals surface area (Å²) >= 11 is 2.66. The van der Waals surface area contributed by atoms with Gasteiger partial charge in [0.05, 0.1) is 21.8 Å². The molecule has 3 heterocycles. The highest BCUT2D eigenvalue weighted by atomic mass is 32.1. The van der Waals surface area contributed by atoms with Gasteiger partial charge in [-0.3, -0.25) is 14.7 Å². The van der Waals surface area contributed by atoms with Crippen molar-refractivity contribution in [1.29, 1.82) is 0 Å². The minimum absolute atomic E-state index is 0.167. The molecule has 3 aromatic heterocycles. The van der Waals surface area contributed by atoms with E-state index in [0.29, 0.717) is 14.7 Å². The second-order valence-corrected chi connectivity index (χ2v) is 7.23. The number of carbonyl (C=O) groups is 1. The predicted octanol–water partition coefficient (Wildman–Crippen LogP) is 4.74. The molecule has 0 radical (unpaired) electrons. The summed E-state index contributed by atoms with van der Waals surface area (Å²) in [5.41, 5.74) is 1.03. The van der Waals surface area contributed by atoms with Crippen molar-refractivity contribution in [3.8, 4) is 0 Å². The lowest BCUT2D eigenvalue weighted by molar-refractivity contribution is 0.0988. The van der Waals surface area contributed by atoms with Gasteiger partial charge in [-0.1, -0.05) is 29.5 Å². The number of nitrogens with zero attached hydrogens (tertiary/aromatic N) is 3. The van der Waals surface area contributed by atoms with Gasteiger partial charge in [-0.05, 0) is 35.7 Å². The maximum atomic E-state index is 14.0. The van der Waals surface area contributed by atoms with Crippen molar-refractivity contribution in [2.45, 2.75) is 6.54 Å². The normalized spacial score (nSPS) is 10.9. The van der Waals surface area contributed by atoms with Crippen LogP contribution in [0.25, 0.3) is 10.2 Å². The Morgan fingerprint density at radius 3 is 2.76 bits per heavy atom. The zero-order valence-corrected chi connectivity index (χ0v) is 14.6. The van der Waals surface area contributed by atoms with Crippen molar-refractivity contribution >= 4 is 43.9 Å². The van der Waals surface area contributed by atoms with Crippen LogP contribution >= 0.6 is 22.7 Å². The molecule has 0 atom stereocenters. The van der Waals surface area contributed by atoms with Crippen LogP contribution < -0.4 is 4.90 Å². The molecule has 25 heavy (non-hydrogen) atoms. The van der Waals surface area contributed by atoms with Crippen LogP contribution in [-0.2, 0) is 6.54 Å². The van der Waals surface area contributed by atoms with Crippen molar-refractivity contribution in [2.75, 3.05) is 4.90 Å². The van der Waals surface area contributed by atoms with Gasteiger partial charge in [0.15, 0.2) is 5.13 Å². The van der Waals surface area contributed by atoms with E-state index in [9.17, 15) is 9.18 Å². The van der Waals surface area contributed by atoms with E-state index in [1.807, 2.05) is 29.6 Å². The monoisotopic (exact) mass is 369 g/mol. The van der Waals surface area contributed by atoms with Gasteiger partial charge >= 0.3 is 0 Å². The van der Waals surface area contributed by atoms with Crippen molar-refractivity contribution in [2.24, 2.45) is 0 Å². The molecule has 7 heteroatoms. The van der Waals surface area contributed by atoms with E-state index in [2.05, 4.69) is 9.97 Å². The number of rotatable bonds is 4. The lowest BCUT2D eigenvalue weighted by Crippen LogP contribution is -2.30. The average molecular weight is 369 g/mol. The van der Waals surface area contributed by atoms with Crippen LogP contribution in [0.5, 0.6) is 0 Å². The SMILES string of the molecule is O=C(c1cccs1)N(Cc1ccccn1)c1nc2c(F)cccc2s1. The summed E-state index contributed by atoms with van der Waals surface area (Å²) in [6.45, 7) is 0.277. The summed E-state index contributed by atoms with van der Waals surface area (Å²) in [7, 11) is 0. The van der Waals surface area contributed by atoms with Crippen molar-refractivity contribution < 1.29 is 9.18 Å². The number of carbonyl (C=O) groups excluding carboxylic acids is 1. The van der Waals surface area contributed by atoms with E-state index in [0.717, 1.165) is 5.69 Å². The summed E-state index contributed by atoms with van der Waals surface area (Å²) in [5, 5.41) is 2.31. The molecule has 0 aliphatic rings. The zero-order valence-electron chi connectivity index (χ0n) is 12.9. The van der Waals surface area contributed by atoms with Crippen LogP contribution in [0.1, 0.15) is 15.4 Å². The summed E-state index contributed by atoms with van der Waals surface area (Å²) in [6.07, 6.45) is 1.68. The van der Waals surface area contributed by atoms with Gasteiger partial charge in [-0.15, -0.1) is 11.3 Å². The minimum atomic E-state index is -0.388. The van der Waals surface area contributed by atoms with Gasteiger partial charge in [0.25, 0.3) is 5.91 Å². The van der Waals surface area contributed by atoms with Crippen LogP contribution in [0, 0.1) is 5.82 Å². The third-order valence-corrected chi connectivity index (χ3v) is 5.51. The molecule has 0 unspecified atom stereocenters.